The standard InChI is InChI=1S/C37H30N4/c1-6-26-27-22-33-29(21-31(27)37(4,5)30(26)7-2)28-20-23(3)18-19-32(28)41(33)36-39-34(24-14-10-8-11-15-24)38-35(40-36)25-16-12-9-13-17-25/h6-22H,1-2H2,3-5H3. The van der Waals surface area contributed by atoms with Gasteiger partial charge in [0, 0.05) is 27.3 Å². The van der Waals surface area contributed by atoms with Crippen LogP contribution in [0.4, 0.5) is 0 Å². The molecule has 0 bridgehead atoms. The molecule has 0 saturated heterocycles. The van der Waals surface area contributed by atoms with Gasteiger partial charge in [0.1, 0.15) is 0 Å². The molecule has 6 aromatic rings. The quantitative estimate of drug-likeness (QED) is 0.223. The molecule has 2 aromatic heterocycles. The van der Waals surface area contributed by atoms with Crippen LogP contribution in [0.25, 0.3) is 56.1 Å². The van der Waals surface area contributed by atoms with Gasteiger partial charge in [0.25, 0.3) is 0 Å². The molecule has 0 unspecified atom stereocenters. The van der Waals surface area contributed by atoms with Gasteiger partial charge in [-0.15, -0.1) is 0 Å². The highest BCUT2D eigenvalue weighted by Gasteiger charge is 2.36. The molecule has 0 fully saturated rings. The molecule has 1 aliphatic carbocycles. The third-order valence-electron chi connectivity index (χ3n) is 8.28. The molecule has 4 aromatic carbocycles. The van der Waals surface area contributed by atoms with Crippen molar-refractivity contribution in [1.82, 2.24) is 19.5 Å². The second kappa shape index (κ2) is 9.24. The molecular weight excluding hydrogens is 500 g/mol. The number of rotatable bonds is 5. The molecule has 4 nitrogen and oxygen atoms in total. The van der Waals surface area contributed by atoms with E-state index in [4.69, 9.17) is 15.0 Å². The average Bonchev–Trinajstić information content (AvgIpc) is 3.43. The first-order valence-electron chi connectivity index (χ1n) is 13.9. The van der Waals surface area contributed by atoms with Crippen LogP contribution >= 0.6 is 0 Å². The van der Waals surface area contributed by atoms with E-state index in [9.17, 15) is 0 Å². The zero-order chi connectivity index (χ0) is 28.3. The van der Waals surface area contributed by atoms with Crippen LogP contribution in [0.5, 0.6) is 0 Å². The number of nitrogens with zero attached hydrogens (tertiary/aromatic N) is 4. The molecule has 2 heterocycles. The number of hydrogen-bond acceptors (Lipinski definition) is 3. The van der Waals surface area contributed by atoms with Crippen molar-refractivity contribution >= 4 is 27.4 Å². The zero-order valence-electron chi connectivity index (χ0n) is 23.5. The Kier molecular flexibility index (Phi) is 5.62. The summed E-state index contributed by atoms with van der Waals surface area (Å²) < 4.78 is 2.19. The first-order chi connectivity index (χ1) is 19.9. The molecular formula is C37H30N4. The van der Waals surface area contributed by atoms with Crippen LogP contribution in [-0.4, -0.2) is 19.5 Å². The summed E-state index contributed by atoms with van der Waals surface area (Å²) in [6, 6.07) is 31.4. The lowest BCUT2D eigenvalue weighted by Crippen LogP contribution is -2.16. The minimum absolute atomic E-state index is 0.179. The second-order valence-electron chi connectivity index (χ2n) is 11.1. The van der Waals surface area contributed by atoms with Gasteiger partial charge >= 0.3 is 0 Å². The van der Waals surface area contributed by atoms with Gasteiger partial charge in [0.2, 0.25) is 5.95 Å². The van der Waals surface area contributed by atoms with Gasteiger partial charge in [0.05, 0.1) is 11.0 Å². The van der Waals surface area contributed by atoms with Gasteiger partial charge < -0.3 is 0 Å². The Bertz CT molecular complexity index is 1990. The van der Waals surface area contributed by atoms with Gasteiger partial charge in [-0.25, -0.2) is 4.98 Å². The van der Waals surface area contributed by atoms with E-state index in [1.54, 1.807) is 0 Å². The fourth-order valence-corrected chi connectivity index (χ4v) is 6.24. The summed E-state index contributed by atoms with van der Waals surface area (Å²) in [5, 5.41) is 2.35. The average molecular weight is 531 g/mol. The van der Waals surface area contributed by atoms with Crippen LogP contribution in [-0.2, 0) is 5.41 Å². The van der Waals surface area contributed by atoms with Crippen molar-refractivity contribution in [3.8, 4) is 28.7 Å². The predicted octanol–water partition coefficient (Wildman–Crippen LogP) is 9.03. The van der Waals surface area contributed by atoms with E-state index in [1.807, 2.05) is 72.8 Å². The first kappa shape index (κ1) is 24.9. The van der Waals surface area contributed by atoms with E-state index >= 15 is 0 Å². The fourth-order valence-electron chi connectivity index (χ4n) is 6.24. The molecule has 0 radical (unpaired) electrons. The molecule has 0 spiro atoms. The van der Waals surface area contributed by atoms with Gasteiger partial charge in [-0.2, -0.15) is 9.97 Å². The van der Waals surface area contributed by atoms with E-state index < -0.39 is 0 Å². The summed E-state index contributed by atoms with van der Waals surface area (Å²) in [5.74, 6) is 1.87. The van der Waals surface area contributed by atoms with Crippen molar-refractivity contribution in [2.24, 2.45) is 0 Å². The Morgan fingerprint density at radius 2 is 1.29 bits per heavy atom. The molecule has 0 amide bonds. The van der Waals surface area contributed by atoms with E-state index in [0.29, 0.717) is 17.6 Å². The Hall–Kier alpha value is -5.09. The molecule has 41 heavy (non-hydrogen) atoms. The fraction of sp³-hybridized carbons (Fsp3) is 0.108. The van der Waals surface area contributed by atoms with Crippen molar-refractivity contribution in [3.63, 3.8) is 0 Å². The normalized spacial score (nSPS) is 14.0. The van der Waals surface area contributed by atoms with Crippen molar-refractivity contribution in [1.29, 1.82) is 0 Å². The number of fused-ring (bicyclic) bond motifs is 4. The summed E-state index contributed by atoms with van der Waals surface area (Å²) >= 11 is 0. The van der Waals surface area contributed by atoms with Crippen LogP contribution in [0, 0.1) is 6.92 Å². The molecule has 0 N–H and O–H groups in total. The summed E-state index contributed by atoms with van der Waals surface area (Å²) in [7, 11) is 0. The molecule has 7 rings (SSSR count). The highest BCUT2D eigenvalue weighted by atomic mass is 15.2. The second-order valence-corrected chi connectivity index (χ2v) is 11.1. The maximum absolute atomic E-state index is 5.08. The SMILES string of the molecule is C=CC1=C(C=C)C(C)(C)c2cc3c4cc(C)ccc4n(-c4nc(-c5ccccc5)nc(-c5ccccc5)n4)c3cc21. The third-order valence-corrected chi connectivity index (χ3v) is 8.28. The molecule has 4 heteroatoms. The van der Waals surface area contributed by atoms with Crippen molar-refractivity contribution in [3.05, 3.63) is 139 Å². The predicted molar refractivity (Wildman–Crippen MR) is 170 cm³/mol. The third kappa shape index (κ3) is 3.79. The zero-order valence-corrected chi connectivity index (χ0v) is 23.5. The minimum Gasteiger partial charge on any atom is -0.278 e. The molecule has 0 aliphatic heterocycles. The lowest BCUT2D eigenvalue weighted by molar-refractivity contribution is 0.655. The van der Waals surface area contributed by atoms with Gasteiger partial charge in [-0.3, -0.25) is 4.57 Å². The van der Waals surface area contributed by atoms with E-state index in [0.717, 1.165) is 27.7 Å². The lowest BCUT2D eigenvalue weighted by atomic mass is 9.81. The number of allylic oxidation sites excluding steroid dienone is 4. The van der Waals surface area contributed by atoms with Crippen molar-refractivity contribution < 1.29 is 0 Å². The monoisotopic (exact) mass is 530 g/mol. The lowest BCUT2D eigenvalue weighted by Gasteiger charge is -2.22. The van der Waals surface area contributed by atoms with Crippen LogP contribution in [0.2, 0.25) is 0 Å². The molecule has 0 atom stereocenters. The summed E-state index contributed by atoms with van der Waals surface area (Å²) in [5.41, 5.74) is 9.80. The van der Waals surface area contributed by atoms with Crippen LogP contribution < -0.4 is 0 Å². The van der Waals surface area contributed by atoms with Crippen LogP contribution in [0.1, 0.15) is 30.5 Å². The number of aromatic nitrogens is 4. The minimum atomic E-state index is -0.179. The highest BCUT2D eigenvalue weighted by Crippen LogP contribution is 2.49. The van der Waals surface area contributed by atoms with E-state index in [1.165, 1.54) is 33.0 Å². The molecule has 1 aliphatic rings. The molecule has 0 saturated carbocycles. The topological polar surface area (TPSA) is 43.6 Å². The Labute approximate surface area is 240 Å². The summed E-state index contributed by atoms with van der Waals surface area (Å²) in [6.45, 7) is 15.0. The number of aryl methyl sites for hydroxylation is 1. The maximum Gasteiger partial charge on any atom is 0.238 e. The van der Waals surface area contributed by atoms with E-state index in [-0.39, 0.29) is 5.41 Å². The largest absolute Gasteiger partial charge is 0.278 e. The smallest absolute Gasteiger partial charge is 0.238 e. The van der Waals surface area contributed by atoms with Gasteiger partial charge in [-0.1, -0.05) is 111 Å². The highest BCUT2D eigenvalue weighted by molar-refractivity contribution is 6.11. The van der Waals surface area contributed by atoms with E-state index in [2.05, 4.69) is 68.8 Å². The number of hydrogen-bond donors (Lipinski definition) is 0. The van der Waals surface area contributed by atoms with Gasteiger partial charge in [0.15, 0.2) is 11.6 Å². The van der Waals surface area contributed by atoms with Crippen LogP contribution in [0.15, 0.2) is 122 Å². The van der Waals surface area contributed by atoms with Crippen molar-refractivity contribution in [2.75, 3.05) is 0 Å². The van der Waals surface area contributed by atoms with Gasteiger partial charge in [-0.05, 0) is 53.5 Å². The Balaban J connectivity index is 1.60. The Morgan fingerprint density at radius 3 is 1.88 bits per heavy atom. The summed E-state index contributed by atoms with van der Waals surface area (Å²) in [4.78, 5) is 15.1. The maximum atomic E-state index is 5.08. The first-order valence-corrected chi connectivity index (χ1v) is 13.9. The summed E-state index contributed by atoms with van der Waals surface area (Å²) in [6.07, 6.45) is 3.93. The van der Waals surface area contributed by atoms with Crippen molar-refractivity contribution in [2.45, 2.75) is 26.2 Å². The number of benzene rings is 4. The van der Waals surface area contributed by atoms with Crippen LogP contribution in [0.3, 0.4) is 0 Å². The Morgan fingerprint density at radius 1 is 0.683 bits per heavy atom. The molecule has 198 valence electrons.